The fourth-order valence-electron chi connectivity index (χ4n) is 5.23. The van der Waals surface area contributed by atoms with Crippen LogP contribution >= 0.6 is 0 Å². The monoisotopic (exact) mass is 511 g/mol. The molecule has 6 heteroatoms. The maximum atomic E-state index is 3.33. The van der Waals surface area contributed by atoms with Gasteiger partial charge in [0.05, 0.1) is 0 Å². The van der Waals surface area contributed by atoms with Crippen LogP contribution in [-0.4, -0.2) is 134 Å². The molecule has 4 heterocycles. The van der Waals surface area contributed by atoms with Gasteiger partial charge in [0, 0.05) is 76.5 Å². The first-order chi connectivity index (χ1) is 17.1. The number of hydrogen-bond donors (Lipinski definition) is 1. The van der Waals surface area contributed by atoms with Gasteiger partial charge in [-0.3, -0.25) is 9.80 Å². The molecule has 36 heavy (non-hydrogen) atoms. The van der Waals surface area contributed by atoms with E-state index in [0.29, 0.717) is 0 Å². The second-order valence-corrected chi connectivity index (χ2v) is 12.3. The fourth-order valence-corrected chi connectivity index (χ4v) is 5.23. The lowest BCUT2D eigenvalue weighted by molar-refractivity contribution is 0.126. The molecule has 0 saturated carbocycles. The van der Waals surface area contributed by atoms with Crippen LogP contribution in [0.5, 0.6) is 0 Å². The van der Waals surface area contributed by atoms with E-state index >= 15 is 0 Å². The van der Waals surface area contributed by atoms with Crippen LogP contribution < -0.4 is 5.32 Å². The number of likely N-dealkylation sites (N-methyl/N-ethyl adjacent to an activating group) is 1. The topological polar surface area (TPSA) is 28.2 Å². The Labute approximate surface area is 227 Å². The van der Waals surface area contributed by atoms with Crippen molar-refractivity contribution in [2.75, 3.05) is 85.6 Å². The molecule has 4 aliphatic rings. The van der Waals surface area contributed by atoms with Crippen molar-refractivity contribution in [3.8, 4) is 0 Å². The minimum Gasteiger partial charge on any atom is -0.314 e. The summed E-state index contributed by atoms with van der Waals surface area (Å²) in [6.45, 7) is 33.2. The highest BCUT2D eigenvalue weighted by atomic mass is 15.3. The molecule has 0 atom stereocenters. The van der Waals surface area contributed by atoms with Crippen molar-refractivity contribution in [2.45, 2.75) is 112 Å². The quantitative estimate of drug-likeness (QED) is 0.606. The van der Waals surface area contributed by atoms with E-state index in [2.05, 4.69) is 92.3 Å². The minimum atomic E-state index is 0.729. The first-order valence-electron chi connectivity index (χ1n) is 15.5. The molecule has 6 nitrogen and oxygen atoms in total. The Morgan fingerprint density at radius 3 is 1.00 bits per heavy atom. The third kappa shape index (κ3) is 15.2. The smallest absolute Gasteiger partial charge is 0.0112 e. The standard InChI is InChI=1S/C8H18N2.C8H17N.C7H16N2.C7H15N/c1-8(2)10-6-4-9(3)5-7-10;1-8(2)9-6-4-3-5-7-9;1-7(2)9-5-3-8-4-6-9;1-7(2)8-5-3-4-6-8/h8H,4-7H2,1-3H3;8H,3-7H2,1-2H3;7-8H,3-6H2,1-2H3;7H,3-6H2,1-2H3. The lowest BCUT2D eigenvalue weighted by Gasteiger charge is -2.34. The Balaban J connectivity index is 0.000000241. The van der Waals surface area contributed by atoms with E-state index in [9.17, 15) is 0 Å². The van der Waals surface area contributed by atoms with Gasteiger partial charge >= 0.3 is 0 Å². The molecule has 0 radical (unpaired) electrons. The molecule has 0 aromatic carbocycles. The van der Waals surface area contributed by atoms with Gasteiger partial charge in [-0.2, -0.15) is 0 Å². The molecule has 0 bridgehead atoms. The predicted molar refractivity (Wildman–Crippen MR) is 160 cm³/mol. The van der Waals surface area contributed by atoms with Gasteiger partial charge in [0.15, 0.2) is 0 Å². The SMILES string of the molecule is CC(C)N1CCCC1.CC(C)N1CCCCC1.CC(C)N1CCN(C)CC1.CC(C)N1CCNCC1. The summed E-state index contributed by atoms with van der Waals surface area (Å²) in [7, 11) is 2.19. The van der Waals surface area contributed by atoms with E-state index < -0.39 is 0 Å². The molecule has 0 aromatic heterocycles. The molecule has 0 aliphatic carbocycles. The number of piperidine rings is 1. The van der Waals surface area contributed by atoms with Crippen LogP contribution in [0.2, 0.25) is 0 Å². The Morgan fingerprint density at radius 2 is 0.694 bits per heavy atom. The number of nitrogens with one attached hydrogen (secondary N) is 1. The van der Waals surface area contributed by atoms with Crippen LogP contribution in [0.3, 0.4) is 0 Å². The van der Waals surface area contributed by atoms with Gasteiger partial charge in [-0.25, -0.2) is 0 Å². The summed E-state index contributed by atoms with van der Waals surface area (Å²) < 4.78 is 0. The Morgan fingerprint density at radius 1 is 0.389 bits per heavy atom. The molecule has 4 aliphatic heterocycles. The second kappa shape index (κ2) is 19.8. The van der Waals surface area contributed by atoms with Crippen LogP contribution in [-0.2, 0) is 0 Å². The average molecular weight is 511 g/mol. The Bertz CT molecular complexity index is 462. The zero-order valence-electron chi connectivity index (χ0n) is 26.1. The molecule has 0 amide bonds. The first kappa shape index (κ1) is 33.8. The zero-order chi connectivity index (χ0) is 26.9. The van der Waals surface area contributed by atoms with Gasteiger partial charge in [0.1, 0.15) is 0 Å². The van der Waals surface area contributed by atoms with Crippen molar-refractivity contribution in [3.63, 3.8) is 0 Å². The molecule has 4 rings (SSSR count). The van der Waals surface area contributed by atoms with Crippen molar-refractivity contribution in [1.82, 2.24) is 29.8 Å². The van der Waals surface area contributed by atoms with E-state index in [0.717, 1.165) is 37.3 Å². The van der Waals surface area contributed by atoms with E-state index in [4.69, 9.17) is 0 Å². The Kier molecular flexibility index (Phi) is 18.6. The van der Waals surface area contributed by atoms with Crippen LogP contribution in [0.1, 0.15) is 87.5 Å². The highest BCUT2D eigenvalue weighted by molar-refractivity contribution is 4.72. The maximum absolute atomic E-state index is 3.33. The second-order valence-electron chi connectivity index (χ2n) is 12.3. The minimum absolute atomic E-state index is 0.729. The largest absolute Gasteiger partial charge is 0.314 e. The van der Waals surface area contributed by atoms with E-state index in [1.54, 1.807) is 0 Å². The van der Waals surface area contributed by atoms with Crippen LogP contribution in [0, 0.1) is 0 Å². The summed E-state index contributed by atoms with van der Waals surface area (Å²) in [6.07, 6.45) is 7.11. The molecular weight excluding hydrogens is 444 g/mol. The molecule has 216 valence electrons. The van der Waals surface area contributed by atoms with Crippen LogP contribution in [0.4, 0.5) is 0 Å². The van der Waals surface area contributed by atoms with Gasteiger partial charge in [-0.05, 0) is 114 Å². The first-order valence-corrected chi connectivity index (χ1v) is 15.5. The van der Waals surface area contributed by atoms with Crippen molar-refractivity contribution in [3.05, 3.63) is 0 Å². The van der Waals surface area contributed by atoms with E-state index in [1.165, 1.54) is 97.6 Å². The normalized spacial score (nSPS) is 23.2. The molecule has 0 aromatic rings. The summed E-state index contributed by atoms with van der Waals surface area (Å²) in [6, 6.07) is 3.00. The third-order valence-electron chi connectivity index (χ3n) is 8.14. The zero-order valence-corrected chi connectivity index (χ0v) is 26.1. The van der Waals surface area contributed by atoms with Crippen LogP contribution in [0.15, 0.2) is 0 Å². The summed E-state index contributed by atoms with van der Waals surface area (Å²) in [5.41, 5.74) is 0. The van der Waals surface area contributed by atoms with Gasteiger partial charge in [-0.15, -0.1) is 0 Å². The summed E-state index contributed by atoms with van der Waals surface area (Å²) in [5.74, 6) is 0. The Hall–Kier alpha value is -0.240. The molecule has 0 spiro atoms. The highest BCUT2D eigenvalue weighted by Crippen LogP contribution is 2.11. The molecular formula is C30H66N6. The third-order valence-corrected chi connectivity index (χ3v) is 8.14. The summed E-state index contributed by atoms with van der Waals surface area (Å²) in [5, 5.41) is 3.33. The molecule has 4 fully saturated rings. The lowest BCUT2D eigenvalue weighted by atomic mass is 10.1. The lowest BCUT2D eigenvalue weighted by Crippen LogP contribution is -2.47. The molecule has 4 saturated heterocycles. The van der Waals surface area contributed by atoms with E-state index in [-0.39, 0.29) is 0 Å². The van der Waals surface area contributed by atoms with Gasteiger partial charge < -0.3 is 20.0 Å². The maximum Gasteiger partial charge on any atom is 0.0112 e. The molecule has 1 N–H and O–H groups in total. The summed E-state index contributed by atoms with van der Waals surface area (Å²) >= 11 is 0. The van der Waals surface area contributed by atoms with Gasteiger partial charge in [-0.1, -0.05) is 6.42 Å². The van der Waals surface area contributed by atoms with Gasteiger partial charge in [0.25, 0.3) is 0 Å². The van der Waals surface area contributed by atoms with Crippen LogP contribution in [0.25, 0.3) is 0 Å². The number of likely N-dealkylation sites (tertiary alicyclic amines) is 2. The predicted octanol–water partition coefficient (Wildman–Crippen LogP) is 4.31. The van der Waals surface area contributed by atoms with Crippen molar-refractivity contribution in [2.24, 2.45) is 0 Å². The number of piperazine rings is 2. The highest BCUT2D eigenvalue weighted by Gasteiger charge is 2.15. The molecule has 0 unspecified atom stereocenters. The fraction of sp³-hybridized carbons (Fsp3) is 1.00. The number of rotatable bonds is 4. The summed E-state index contributed by atoms with van der Waals surface area (Å²) in [4.78, 5) is 12.5. The van der Waals surface area contributed by atoms with E-state index in [1.807, 2.05) is 0 Å². The van der Waals surface area contributed by atoms with Crippen molar-refractivity contribution in [1.29, 1.82) is 0 Å². The number of hydrogen-bond acceptors (Lipinski definition) is 6. The average Bonchev–Trinajstić information content (AvgIpc) is 3.42. The van der Waals surface area contributed by atoms with Crippen molar-refractivity contribution < 1.29 is 0 Å². The number of nitrogens with zero attached hydrogens (tertiary/aromatic N) is 5. The van der Waals surface area contributed by atoms with Crippen molar-refractivity contribution >= 4 is 0 Å². The van der Waals surface area contributed by atoms with Gasteiger partial charge in [0.2, 0.25) is 0 Å².